The third-order valence-electron chi connectivity index (χ3n) is 4.17. The number of carbonyl (C=O) groups is 1. The van der Waals surface area contributed by atoms with Crippen LogP contribution in [-0.2, 0) is 0 Å². The fraction of sp³-hybridized carbons (Fsp3) is 0. The van der Waals surface area contributed by atoms with Gasteiger partial charge in [-0.25, -0.2) is 9.97 Å². The van der Waals surface area contributed by atoms with Crippen LogP contribution in [0.5, 0.6) is 0 Å². The average molecular weight is 282 g/mol. The van der Waals surface area contributed by atoms with E-state index in [9.17, 15) is 4.79 Å². The molecule has 0 aliphatic heterocycles. The van der Waals surface area contributed by atoms with Crippen LogP contribution in [0, 0.1) is 0 Å². The van der Waals surface area contributed by atoms with E-state index in [0.717, 1.165) is 27.4 Å². The zero-order chi connectivity index (χ0) is 14.7. The van der Waals surface area contributed by atoms with Gasteiger partial charge in [0.05, 0.1) is 11.0 Å². The fourth-order valence-corrected chi connectivity index (χ4v) is 3.10. The molecular formula is C19H10N2O. The van der Waals surface area contributed by atoms with E-state index in [4.69, 9.17) is 4.98 Å². The number of benzene rings is 3. The summed E-state index contributed by atoms with van der Waals surface area (Å²) in [6.45, 7) is 0. The second-order valence-electron chi connectivity index (χ2n) is 5.48. The van der Waals surface area contributed by atoms with Crippen molar-refractivity contribution in [3.63, 3.8) is 0 Å². The van der Waals surface area contributed by atoms with Gasteiger partial charge in [0.15, 0.2) is 0 Å². The summed E-state index contributed by atoms with van der Waals surface area (Å²) in [4.78, 5) is 21.8. The molecule has 0 saturated heterocycles. The minimum atomic E-state index is -0.0341. The molecule has 4 aromatic rings. The molecule has 22 heavy (non-hydrogen) atoms. The third kappa shape index (κ3) is 1.42. The van der Waals surface area contributed by atoms with E-state index in [1.54, 1.807) is 0 Å². The SMILES string of the molecule is O=C1c2ccccc2-c2nc3cc4ccccc4cc3nc21. The van der Waals surface area contributed by atoms with Crippen LogP contribution in [0.1, 0.15) is 16.1 Å². The first kappa shape index (κ1) is 11.6. The number of ketones is 1. The highest BCUT2D eigenvalue weighted by atomic mass is 16.1. The van der Waals surface area contributed by atoms with Crippen LogP contribution < -0.4 is 0 Å². The molecule has 3 heteroatoms. The molecule has 0 saturated carbocycles. The van der Waals surface area contributed by atoms with Crippen molar-refractivity contribution in [1.82, 2.24) is 9.97 Å². The largest absolute Gasteiger partial charge is 0.287 e. The van der Waals surface area contributed by atoms with Crippen LogP contribution in [0.15, 0.2) is 60.7 Å². The van der Waals surface area contributed by atoms with Crippen molar-refractivity contribution in [2.24, 2.45) is 0 Å². The summed E-state index contributed by atoms with van der Waals surface area (Å²) in [5, 5.41) is 2.23. The Bertz CT molecular complexity index is 1100. The average Bonchev–Trinajstić information content (AvgIpc) is 2.84. The second-order valence-corrected chi connectivity index (χ2v) is 5.48. The van der Waals surface area contributed by atoms with Gasteiger partial charge in [0.2, 0.25) is 5.78 Å². The van der Waals surface area contributed by atoms with Crippen LogP contribution in [0.25, 0.3) is 33.1 Å². The Morgan fingerprint density at radius 3 is 1.86 bits per heavy atom. The first-order valence-corrected chi connectivity index (χ1v) is 7.16. The summed E-state index contributed by atoms with van der Waals surface area (Å²) in [5.74, 6) is -0.0341. The molecule has 102 valence electrons. The molecule has 1 heterocycles. The summed E-state index contributed by atoms with van der Waals surface area (Å²) < 4.78 is 0. The Kier molecular flexibility index (Phi) is 2.09. The van der Waals surface area contributed by atoms with Gasteiger partial charge in [-0.1, -0.05) is 48.5 Å². The van der Waals surface area contributed by atoms with Crippen LogP contribution >= 0.6 is 0 Å². The maximum Gasteiger partial charge on any atom is 0.214 e. The monoisotopic (exact) mass is 282 g/mol. The van der Waals surface area contributed by atoms with Crippen molar-refractivity contribution in [2.75, 3.05) is 0 Å². The standard InChI is InChI=1S/C19H10N2O/c22-19-14-8-4-3-7-13(14)17-18(19)21-16-10-12-6-2-1-5-11(12)9-15(16)20-17/h1-10H. The molecule has 0 unspecified atom stereocenters. The van der Waals surface area contributed by atoms with E-state index in [1.807, 2.05) is 54.6 Å². The van der Waals surface area contributed by atoms with E-state index >= 15 is 0 Å². The zero-order valence-electron chi connectivity index (χ0n) is 11.6. The Morgan fingerprint density at radius 2 is 1.18 bits per heavy atom. The van der Waals surface area contributed by atoms with Crippen molar-refractivity contribution < 1.29 is 4.79 Å². The quantitative estimate of drug-likeness (QED) is 0.403. The van der Waals surface area contributed by atoms with E-state index in [1.165, 1.54) is 0 Å². The van der Waals surface area contributed by atoms with E-state index in [-0.39, 0.29) is 5.78 Å². The van der Waals surface area contributed by atoms with Crippen LogP contribution in [0.3, 0.4) is 0 Å². The molecule has 0 N–H and O–H groups in total. The number of aromatic nitrogens is 2. The number of hydrogen-bond donors (Lipinski definition) is 0. The molecule has 1 aliphatic carbocycles. The lowest BCUT2D eigenvalue weighted by molar-refractivity contribution is 0.103. The van der Waals surface area contributed by atoms with Crippen LogP contribution in [-0.4, -0.2) is 15.8 Å². The topological polar surface area (TPSA) is 42.9 Å². The van der Waals surface area contributed by atoms with Gasteiger partial charge in [-0.2, -0.15) is 0 Å². The highest BCUT2D eigenvalue weighted by Crippen LogP contribution is 2.35. The van der Waals surface area contributed by atoms with Gasteiger partial charge in [0, 0.05) is 11.1 Å². The Labute approximate surface area is 126 Å². The molecule has 0 bridgehead atoms. The van der Waals surface area contributed by atoms with Gasteiger partial charge in [0.1, 0.15) is 11.4 Å². The van der Waals surface area contributed by atoms with E-state index in [0.29, 0.717) is 17.0 Å². The number of carbonyl (C=O) groups excluding carboxylic acids is 1. The van der Waals surface area contributed by atoms with Gasteiger partial charge in [0.25, 0.3) is 0 Å². The number of nitrogens with zero attached hydrogens (tertiary/aromatic N) is 2. The van der Waals surface area contributed by atoms with Crippen LogP contribution in [0.2, 0.25) is 0 Å². The minimum absolute atomic E-state index is 0.0341. The van der Waals surface area contributed by atoms with Crippen molar-refractivity contribution in [1.29, 1.82) is 0 Å². The van der Waals surface area contributed by atoms with Crippen molar-refractivity contribution in [3.8, 4) is 11.3 Å². The normalized spacial score (nSPS) is 12.6. The van der Waals surface area contributed by atoms with Gasteiger partial charge < -0.3 is 0 Å². The molecule has 0 fully saturated rings. The molecule has 0 amide bonds. The lowest BCUT2D eigenvalue weighted by atomic mass is 10.1. The molecule has 0 atom stereocenters. The molecule has 0 radical (unpaired) electrons. The molecule has 3 nitrogen and oxygen atoms in total. The summed E-state index contributed by atoms with van der Waals surface area (Å²) in [6, 6.07) is 19.7. The number of fused-ring (bicyclic) bond motifs is 5. The van der Waals surface area contributed by atoms with E-state index in [2.05, 4.69) is 11.1 Å². The third-order valence-corrected chi connectivity index (χ3v) is 4.17. The number of hydrogen-bond acceptors (Lipinski definition) is 3. The van der Waals surface area contributed by atoms with Gasteiger partial charge >= 0.3 is 0 Å². The number of rotatable bonds is 0. The summed E-state index contributed by atoms with van der Waals surface area (Å²) in [7, 11) is 0. The van der Waals surface area contributed by atoms with Gasteiger partial charge in [-0.05, 0) is 22.9 Å². The second kappa shape index (κ2) is 3.98. The molecule has 3 aromatic carbocycles. The molecule has 1 aliphatic rings. The first-order chi connectivity index (χ1) is 10.8. The summed E-state index contributed by atoms with van der Waals surface area (Å²) in [5.41, 5.74) is 4.32. The Morgan fingerprint density at radius 1 is 0.636 bits per heavy atom. The molecular weight excluding hydrogens is 272 g/mol. The maximum absolute atomic E-state index is 12.5. The molecule has 1 aromatic heterocycles. The van der Waals surface area contributed by atoms with Gasteiger partial charge in [-0.15, -0.1) is 0 Å². The summed E-state index contributed by atoms with van der Waals surface area (Å²) in [6.07, 6.45) is 0. The summed E-state index contributed by atoms with van der Waals surface area (Å²) >= 11 is 0. The highest BCUT2D eigenvalue weighted by molar-refractivity contribution is 6.20. The highest BCUT2D eigenvalue weighted by Gasteiger charge is 2.29. The lowest BCUT2D eigenvalue weighted by Gasteiger charge is -2.04. The fourth-order valence-electron chi connectivity index (χ4n) is 3.10. The predicted molar refractivity (Wildman–Crippen MR) is 85.9 cm³/mol. The van der Waals surface area contributed by atoms with Crippen molar-refractivity contribution in [3.05, 3.63) is 71.9 Å². The Balaban J connectivity index is 1.90. The molecule has 5 rings (SSSR count). The van der Waals surface area contributed by atoms with E-state index < -0.39 is 0 Å². The smallest absolute Gasteiger partial charge is 0.214 e. The molecule has 0 spiro atoms. The van der Waals surface area contributed by atoms with Gasteiger partial charge in [-0.3, -0.25) is 4.79 Å². The Hall–Kier alpha value is -3.07. The first-order valence-electron chi connectivity index (χ1n) is 7.16. The minimum Gasteiger partial charge on any atom is -0.287 e. The lowest BCUT2D eigenvalue weighted by Crippen LogP contribution is -2.00. The van der Waals surface area contributed by atoms with Crippen molar-refractivity contribution >= 4 is 27.6 Å². The predicted octanol–water partition coefficient (Wildman–Crippen LogP) is 3.99. The maximum atomic E-state index is 12.5. The van der Waals surface area contributed by atoms with Crippen LogP contribution in [0.4, 0.5) is 0 Å². The zero-order valence-corrected chi connectivity index (χ0v) is 11.6. The van der Waals surface area contributed by atoms with Crippen molar-refractivity contribution in [2.45, 2.75) is 0 Å².